The first kappa shape index (κ1) is 20.4. The molecule has 1 rings (SSSR count). The highest BCUT2D eigenvalue weighted by Crippen LogP contribution is 2.41. The van der Waals surface area contributed by atoms with Crippen LogP contribution in [0, 0.1) is 5.41 Å². The van der Waals surface area contributed by atoms with E-state index in [2.05, 4.69) is 31.1 Å². The van der Waals surface area contributed by atoms with Gasteiger partial charge in [-0.2, -0.15) is 11.8 Å². The Bertz CT molecular complexity index is 341. The first-order valence-electron chi connectivity index (χ1n) is 9.05. The number of ether oxygens (including phenoxy) is 1. The highest BCUT2D eigenvalue weighted by Gasteiger charge is 2.33. The number of nitrogens with one attached hydrogen (secondary N) is 2. The van der Waals surface area contributed by atoms with Crippen molar-refractivity contribution in [3.8, 4) is 0 Å². The molecule has 0 unspecified atom stereocenters. The highest BCUT2D eigenvalue weighted by molar-refractivity contribution is 7.99. The molecule has 1 aliphatic rings. The van der Waals surface area contributed by atoms with Crippen LogP contribution in [0.1, 0.15) is 46.0 Å². The van der Waals surface area contributed by atoms with Gasteiger partial charge in [0.2, 0.25) is 0 Å². The van der Waals surface area contributed by atoms with E-state index < -0.39 is 0 Å². The van der Waals surface area contributed by atoms with E-state index >= 15 is 0 Å². The second kappa shape index (κ2) is 12.7. The van der Waals surface area contributed by atoms with E-state index in [4.69, 9.17) is 9.73 Å². The Kier molecular flexibility index (Phi) is 11.3. The van der Waals surface area contributed by atoms with Gasteiger partial charge in [0.05, 0.1) is 0 Å². The zero-order valence-electron chi connectivity index (χ0n) is 15.0. The molecule has 0 heterocycles. The summed E-state index contributed by atoms with van der Waals surface area (Å²) in [5.74, 6) is 3.04. The molecule has 0 atom stereocenters. The van der Waals surface area contributed by atoms with Crippen LogP contribution in [-0.4, -0.2) is 50.3 Å². The van der Waals surface area contributed by atoms with Crippen molar-refractivity contribution in [1.29, 1.82) is 0 Å². The summed E-state index contributed by atoms with van der Waals surface area (Å²) in [6.45, 7) is 12.4. The Morgan fingerprint density at radius 1 is 1.30 bits per heavy atom. The summed E-state index contributed by atoms with van der Waals surface area (Å²) in [7, 11) is 0. The molecular formula is C18H35N3OS. The number of hydrogen-bond acceptors (Lipinski definition) is 3. The quantitative estimate of drug-likeness (QED) is 0.247. The van der Waals surface area contributed by atoms with Crippen LogP contribution >= 0.6 is 11.8 Å². The van der Waals surface area contributed by atoms with Crippen molar-refractivity contribution in [3.63, 3.8) is 0 Å². The van der Waals surface area contributed by atoms with Gasteiger partial charge in [0, 0.05) is 44.4 Å². The minimum atomic E-state index is 0.356. The van der Waals surface area contributed by atoms with Gasteiger partial charge < -0.3 is 15.4 Å². The minimum Gasteiger partial charge on any atom is -0.382 e. The van der Waals surface area contributed by atoms with Crippen LogP contribution in [0.4, 0.5) is 0 Å². The molecule has 1 fully saturated rings. The molecule has 0 spiro atoms. The van der Waals surface area contributed by atoms with Gasteiger partial charge in [0.25, 0.3) is 0 Å². The molecule has 2 N–H and O–H groups in total. The van der Waals surface area contributed by atoms with Crippen molar-refractivity contribution in [1.82, 2.24) is 10.6 Å². The number of rotatable bonds is 12. The summed E-state index contributed by atoms with van der Waals surface area (Å²) in [6.07, 6.45) is 8.34. The molecule has 0 aromatic carbocycles. The summed E-state index contributed by atoms with van der Waals surface area (Å²) in [6, 6.07) is 0. The van der Waals surface area contributed by atoms with Crippen LogP contribution < -0.4 is 10.6 Å². The molecule has 0 aromatic heterocycles. The highest BCUT2D eigenvalue weighted by atomic mass is 32.2. The van der Waals surface area contributed by atoms with E-state index in [9.17, 15) is 0 Å². The third-order valence-electron chi connectivity index (χ3n) is 4.34. The van der Waals surface area contributed by atoms with Crippen molar-refractivity contribution < 1.29 is 4.74 Å². The van der Waals surface area contributed by atoms with E-state index in [-0.39, 0.29) is 0 Å². The zero-order chi connectivity index (χ0) is 16.8. The lowest BCUT2D eigenvalue weighted by Gasteiger charge is -2.27. The average Bonchev–Trinajstić information content (AvgIpc) is 3.02. The summed E-state index contributed by atoms with van der Waals surface area (Å²) in [4.78, 5) is 4.87. The standard InChI is InChI=1S/C18H35N3OS/c1-4-14-23-15-12-20-17(19-5-2)21-16-18(9-7-8-10-18)11-13-22-6-3/h4H,1,5-16H2,2-3H3,(H2,19,20,21). The van der Waals surface area contributed by atoms with Crippen molar-refractivity contribution in [2.45, 2.75) is 46.0 Å². The van der Waals surface area contributed by atoms with Gasteiger partial charge in [-0.15, -0.1) is 6.58 Å². The van der Waals surface area contributed by atoms with E-state index in [1.54, 1.807) is 0 Å². The number of guanidine groups is 1. The van der Waals surface area contributed by atoms with Crippen LogP contribution in [0.2, 0.25) is 0 Å². The average molecular weight is 342 g/mol. The molecular weight excluding hydrogens is 306 g/mol. The molecule has 0 aromatic rings. The number of thioether (sulfide) groups is 1. The van der Waals surface area contributed by atoms with Gasteiger partial charge in [-0.05, 0) is 38.5 Å². The fourth-order valence-electron chi connectivity index (χ4n) is 3.04. The van der Waals surface area contributed by atoms with Crippen LogP contribution in [-0.2, 0) is 4.74 Å². The van der Waals surface area contributed by atoms with E-state index in [0.717, 1.165) is 56.7 Å². The zero-order valence-corrected chi connectivity index (χ0v) is 15.8. The number of aliphatic imine (C=N–C) groups is 1. The first-order chi connectivity index (χ1) is 11.3. The van der Waals surface area contributed by atoms with Gasteiger partial charge >= 0.3 is 0 Å². The second-order valence-electron chi connectivity index (χ2n) is 6.14. The maximum Gasteiger partial charge on any atom is 0.191 e. The Morgan fingerprint density at radius 2 is 2.09 bits per heavy atom. The minimum absolute atomic E-state index is 0.356. The molecule has 0 aliphatic heterocycles. The van der Waals surface area contributed by atoms with Crippen molar-refractivity contribution in [2.75, 3.05) is 44.4 Å². The summed E-state index contributed by atoms with van der Waals surface area (Å²) in [5, 5.41) is 6.80. The number of nitrogens with zero attached hydrogens (tertiary/aromatic N) is 1. The van der Waals surface area contributed by atoms with Gasteiger partial charge in [0.1, 0.15) is 0 Å². The molecule has 0 amide bonds. The van der Waals surface area contributed by atoms with Gasteiger partial charge in [0.15, 0.2) is 5.96 Å². The predicted octanol–water partition coefficient (Wildman–Crippen LogP) is 3.45. The molecule has 1 aliphatic carbocycles. The maximum atomic E-state index is 5.59. The van der Waals surface area contributed by atoms with Crippen LogP contribution in [0.3, 0.4) is 0 Å². The Hall–Kier alpha value is -0.680. The normalized spacial score (nSPS) is 17.2. The van der Waals surface area contributed by atoms with Gasteiger partial charge in [-0.1, -0.05) is 18.9 Å². The summed E-state index contributed by atoms with van der Waals surface area (Å²) >= 11 is 1.89. The first-order valence-corrected chi connectivity index (χ1v) is 10.2. The van der Waals surface area contributed by atoms with Crippen molar-refractivity contribution >= 4 is 17.7 Å². The Morgan fingerprint density at radius 3 is 2.74 bits per heavy atom. The number of hydrogen-bond donors (Lipinski definition) is 2. The molecule has 1 saturated carbocycles. The summed E-state index contributed by atoms with van der Waals surface area (Å²) < 4.78 is 5.59. The molecule has 0 radical (unpaired) electrons. The fraction of sp³-hybridized carbons (Fsp3) is 0.833. The van der Waals surface area contributed by atoms with Crippen LogP contribution in [0.15, 0.2) is 17.6 Å². The SMILES string of the molecule is C=CCSCCNC(=NCC1(CCOCC)CCCC1)NCC. The second-order valence-corrected chi connectivity index (χ2v) is 7.29. The lowest BCUT2D eigenvalue weighted by atomic mass is 9.83. The molecule has 5 heteroatoms. The maximum absolute atomic E-state index is 5.59. The Balaban J connectivity index is 2.46. The van der Waals surface area contributed by atoms with Crippen LogP contribution in [0.5, 0.6) is 0 Å². The van der Waals surface area contributed by atoms with Crippen molar-refractivity contribution in [2.24, 2.45) is 10.4 Å². The smallest absolute Gasteiger partial charge is 0.191 e. The molecule has 0 bridgehead atoms. The predicted molar refractivity (Wildman–Crippen MR) is 104 cm³/mol. The fourth-order valence-corrected chi connectivity index (χ4v) is 3.62. The van der Waals surface area contributed by atoms with E-state index in [1.807, 2.05) is 17.8 Å². The third-order valence-corrected chi connectivity index (χ3v) is 5.30. The van der Waals surface area contributed by atoms with E-state index in [0.29, 0.717) is 5.41 Å². The van der Waals surface area contributed by atoms with Gasteiger partial charge in [-0.3, -0.25) is 4.99 Å². The Labute approximate surface area is 146 Å². The van der Waals surface area contributed by atoms with E-state index in [1.165, 1.54) is 25.7 Å². The largest absolute Gasteiger partial charge is 0.382 e. The lowest BCUT2D eigenvalue weighted by Crippen LogP contribution is -2.39. The topological polar surface area (TPSA) is 45.7 Å². The van der Waals surface area contributed by atoms with Gasteiger partial charge in [-0.25, -0.2) is 0 Å². The monoisotopic (exact) mass is 341 g/mol. The van der Waals surface area contributed by atoms with Crippen LogP contribution in [0.25, 0.3) is 0 Å². The molecule has 0 saturated heterocycles. The lowest BCUT2D eigenvalue weighted by molar-refractivity contribution is 0.107. The summed E-state index contributed by atoms with van der Waals surface area (Å²) in [5.41, 5.74) is 0.356. The molecule has 23 heavy (non-hydrogen) atoms. The van der Waals surface area contributed by atoms with Crippen molar-refractivity contribution in [3.05, 3.63) is 12.7 Å². The third kappa shape index (κ3) is 8.66. The molecule has 4 nitrogen and oxygen atoms in total. The molecule has 134 valence electrons.